The Labute approximate surface area is 156 Å². The fourth-order valence-corrected chi connectivity index (χ4v) is 4.28. The lowest BCUT2D eigenvalue weighted by Crippen LogP contribution is -2.67. The quantitative estimate of drug-likeness (QED) is 0.756. The molecule has 0 atom stereocenters. The van der Waals surface area contributed by atoms with E-state index < -0.39 is 5.82 Å². The van der Waals surface area contributed by atoms with Gasteiger partial charge in [-0.15, -0.1) is 12.4 Å². The Kier molecular flexibility index (Phi) is 3.75. The number of aromatic nitrogens is 5. The molecule has 138 valence electrons. The molecule has 1 spiro atoms. The standard InChI is InChI=1S/C17H19FN6O.ClH/c1-16(7-17(8-16)9-19-10-17)25-15-14-12(18)4-21-24(14)6-13(22-15)11-3-20-23(2)5-11;/h3-6,19H,7-10H2,1-2H3;1H. The fraction of sp³-hybridized carbons (Fsp3) is 0.471. The zero-order valence-corrected chi connectivity index (χ0v) is 15.4. The molecule has 3 aromatic heterocycles. The topological polar surface area (TPSA) is 69.3 Å². The number of halogens is 2. The summed E-state index contributed by atoms with van der Waals surface area (Å²) in [6.45, 7) is 4.14. The summed E-state index contributed by atoms with van der Waals surface area (Å²) in [5.41, 5.74) is 1.80. The van der Waals surface area contributed by atoms with Gasteiger partial charge < -0.3 is 10.1 Å². The van der Waals surface area contributed by atoms with Gasteiger partial charge >= 0.3 is 0 Å². The Balaban J connectivity index is 0.00000168. The largest absolute Gasteiger partial charge is 0.470 e. The molecular formula is C17H20ClFN6O. The van der Waals surface area contributed by atoms with Crippen molar-refractivity contribution in [3.05, 3.63) is 30.6 Å². The molecule has 0 aromatic carbocycles. The van der Waals surface area contributed by atoms with Crippen molar-refractivity contribution < 1.29 is 9.13 Å². The summed E-state index contributed by atoms with van der Waals surface area (Å²) >= 11 is 0. The summed E-state index contributed by atoms with van der Waals surface area (Å²) in [7, 11) is 1.84. The number of hydrogen-bond acceptors (Lipinski definition) is 5. The molecule has 1 aliphatic carbocycles. The molecule has 2 fully saturated rings. The van der Waals surface area contributed by atoms with Crippen LogP contribution in [0.25, 0.3) is 16.8 Å². The first kappa shape index (κ1) is 17.2. The predicted octanol–water partition coefficient (Wildman–Crippen LogP) is 2.21. The van der Waals surface area contributed by atoms with Gasteiger partial charge in [0.05, 0.1) is 24.3 Å². The van der Waals surface area contributed by atoms with Crippen molar-refractivity contribution in [3.63, 3.8) is 0 Å². The van der Waals surface area contributed by atoms with Gasteiger partial charge in [0.25, 0.3) is 0 Å². The lowest BCUT2D eigenvalue weighted by Gasteiger charge is -2.59. The van der Waals surface area contributed by atoms with Crippen LogP contribution in [0.5, 0.6) is 5.88 Å². The summed E-state index contributed by atoms with van der Waals surface area (Å²) in [5.74, 6) is -0.135. The number of rotatable bonds is 3. The third-order valence-electron chi connectivity index (χ3n) is 5.26. The van der Waals surface area contributed by atoms with Crippen LogP contribution >= 0.6 is 12.4 Å². The molecule has 0 bridgehead atoms. The first-order valence-electron chi connectivity index (χ1n) is 8.38. The number of ether oxygens (including phenoxy) is 1. The number of nitrogens with one attached hydrogen (secondary N) is 1. The maximum atomic E-state index is 14.2. The second-order valence-electron chi connectivity index (χ2n) is 7.63. The van der Waals surface area contributed by atoms with Gasteiger partial charge in [-0.2, -0.15) is 10.2 Å². The van der Waals surface area contributed by atoms with Gasteiger partial charge in [-0.1, -0.05) is 0 Å². The van der Waals surface area contributed by atoms with Crippen LogP contribution in [0, 0.1) is 11.2 Å². The summed E-state index contributed by atoms with van der Waals surface area (Å²) < 4.78 is 23.7. The van der Waals surface area contributed by atoms with Crippen LogP contribution in [0.1, 0.15) is 19.8 Å². The average Bonchev–Trinajstić information content (AvgIpc) is 3.09. The first-order chi connectivity index (χ1) is 12.0. The molecule has 0 amide bonds. The van der Waals surface area contributed by atoms with E-state index in [2.05, 4.69) is 27.4 Å². The Morgan fingerprint density at radius 1 is 1.19 bits per heavy atom. The van der Waals surface area contributed by atoms with Crippen LogP contribution < -0.4 is 10.1 Å². The van der Waals surface area contributed by atoms with Crippen molar-refractivity contribution in [1.29, 1.82) is 0 Å². The molecule has 1 saturated heterocycles. The summed E-state index contributed by atoms with van der Waals surface area (Å²) in [5, 5.41) is 11.6. The zero-order chi connectivity index (χ0) is 17.2. The van der Waals surface area contributed by atoms with Crippen molar-refractivity contribution in [2.75, 3.05) is 13.1 Å². The average molecular weight is 379 g/mol. The summed E-state index contributed by atoms with van der Waals surface area (Å²) in [4.78, 5) is 4.58. The zero-order valence-electron chi connectivity index (χ0n) is 14.6. The van der Waals surface area contributed by atoms with Crippen LogP contribution in [0.4, 0.5) is 4.39 Å². The van der Waals surface area contributed by atoms with Crippen LogP contribution in [0.2, 0.25) is 0 Å². The second kappa shape index (κ2) is 5.65. The molecule has 9 heteroatoms. The normalized spacial score (nSPS) is 19.7. The van der Waals surface area contributed by atoms with E-state index in [0.717, 1.165) is 31.5 Å². The SMILES string of the molecule is Cl.Cn1cc(-c2cn3ncc(F)c3c(OC3(C)CC4(CNC4)C3)n2)cn1. The number of aryl methyl sites for hydroxylation is 1. The fourth-order valence-electron chi connectivity index (χ4n) is 4.28. The lowest BCUT2D eigenvalue weighted by atomic mass is 9.56. The molecule has 7 nitrogen and oxygen atoms in total. The summed E-state index contributed by atoms with van der Waals surface area (Å²) in [6, 6.07) is 0. The highest BCUT2D eigenvalue weighted by molar-refractivity contribution is 5.85. The van der Waals surface area contributed by atoms with Crippen LogP contribution in [-0.4, -0.2) is 43.1 Å². The molecule has 2 aliphatic rings. The molecule has 1 N–H and O–H groups in total. The van der Waals surface area contributed by atoms with Gasteiger partial charge in [0.15, 0.2) is 11.3 Å². The van der Waals surface area contributed by atoms with Crippen LogP contribution in [0.3, 0.4) is 0 Å². The van der Waals surface area contributed by atoms with E-state index >= 15 is 0 Å². The molecule has 4 heterocycles. The maximum Gasteiger partial charge on any atom is 0.244 e. The second-order valence-corrected chi connectivity index (χ2v) is 7.63. The number of fused-ring (bicyclic) bond motifs is 1. The third kappa shape index (κ3) is 2.55. The Morgan fingerprint density at radius 2 is 1.96 bits per heavy atom. The minimum atomic E-state index is -0.428. The maximum absolute atomic E-state index is 14.2. The van der Waals surface area contributed by atoms with Crippen LogP contribution in [0.15, 0.2) is 24.8 Å². The molecule has 0 radical (unpaired) electrons. The van der Waals surface area contributed by atoms with E-state index in [4.69, 9.17) is 4.74 Å². The van der Waals surface area contributed by atoms with Crippen molar-refractivity contribution >= 4 is 17.9 Å². The molecule has 3 aromatic rings. The van der Waals surface area contributed by atoms with Crippen molar-refractivity contribution in [1.82, 2.24) is 29.7 Å². The van der Waals surface area contributed by atoms with Gasteiger partial charge in [0, 0.05) is 37.3 Å². The minimum absolute atomic E-state index is 0. The van der Waals surface area contributed by atoms with Crippen molar-refractivity contribution in [2.45, 2.75) is 25.4 Å². The Bertz CT molecular complexity index is 971. The molecule has 1 saturated carbocycles. The smallest absolute Gasteiger partial charge is 0.244 e. The minimum Gasteiger partial charge on any atom is -0.470 e. The number of nitrogens with zero attached hydrogens (tertiary/aromatic N) is 5. The lowest BCUT2D eigenvalue weighted by molar-refractivity contribution is -0.121. The third-order valence-corrected chi connectivity index (χ3v) is 5.26. The highest BCUT2D eigenvalue weighted by atomic mass is 35.5. The molecular weight excluding hydrogens is 359 g/mol. The van der Waals surface area contributed by atoms with Gasteiger partial charge in [0.1, 0.15) is 5.60 Å². The van der Waals surface area contributed by atoms with Crippen molar-refractivity contribution in [3.8, 4) is 17.1 Å². The van der Waals surface area contributed by atoms with Gasteiger partial charge in [-0.05, 0) is 19.8 Å². The van der Waals surface area contributed by atoms with E-state index in [1.807, 2.05) is 13.2 Å². The first-order valence-corrected chi connectivity index (χ1v) is 8.38. The Hall–Kier alpha value is -2.19. The van der Waals surface area contributed by atoms with E-state index in [1.54, 1.807) is 17.1 Å². The van der Waals surface area contributed by atoms with E-state index in [-0.39, 0.29) is 23.5 Å². The van der Waals surface area contributed by atoms with E-state index in [9.17, 15) is 4.39 Å². The van der Waals surface area contributed by atoms with E-state index in [0.29, 0.717) is 17.0 Å². The highest BCUT2D eigenvalue weighted by Crippen LogP contribution is 2.52. The molecule has 5 rings (SSSR count). The van der Waals surface area contributed by atoms with Gasteiger partial charge in [-0.25, -0.2) is 13.9 Å². The van der Waals surface area contributed by atoms with E-state index in [1.165, 1.54) is 10.7 Å². The van der Waals surface area contributed by atoms with Crippen molar-refractivity contribution in [2.24, 2.45) is 12.5 Å². The van der Waals surface area contributed by atoms with Gasteiger partial charge in [-0.3, -0.25) is 4.68 Å². The summed E-state index contributed by atoms with van der Waals surface area (Å²) in [6.07, 6.45) is 8.37. The molecule has 26 heavy (non-hydrogen) atoms. The molecule has 1 aliphatic heterocycles. The molecule has 0 unspecified atom stereocenters. The monoisotopic (exact) mass is 378 g/mol. The number of hydrogen-bond donors (Lipinski definition) is 1. The van der Waals surface area contributed by atoms with Gasteiger partial charge in [0.2, 0.25) is 5.88 Å². The highest BCUT2D eigenvalue weighted by Gasteiger charge is 2.57. The van der Waals surface area contributed by atoms with Crippen LogP contribution in [-0.2, 0) is 7.05 Å². The predicted molar refractivity (Wildman–Crippen MR) is 96.0 cm³/mol. The Morgan fingerprint density at radius 3 is 2.58 bits per heavy atom.